The molecule has 0 radical (unpaired) electrons. The van der Waals surface area contributed by atoms with Crippen LogP contribution in [0.1, 0.15) is 0 Å². The van der Waals surface area contributed by atoms with Crippen molar-refractivity contribution >= 4 is 29.0 Å². The number of amides is 2. The van der Waals surface area contributed by atoms with Crippen molar-refractivity contribution in [2.45, 2.75) is 6.04 Å². The molecule has 2 saturated heterocycles. The average Bonchev–Trinajstić information content (AvgIpc) is 2.71. The van der Waals surface area contributed by atoms with Crippen molar-refractivity contribution in [2.75, 3.05) is 36.8 Å². The maximum absolute atomic E-state index is 11.5. The van der Waals surface area contributed by atoms with Gasteiger partial charge in [0, 0.05) is 26.2 Å². The highest BCUT2D eigenvalue weighted by Gasteiger charge is 2.36. The number of anilines is 2. The zero-order chi connectivity index (χ0) is 12.7. The van der Waals surface area contributed by atoms with E-state index in [9.17, 15) is 4.79 Å². The Bertz CT molecular complexity index is 473. The number of benzene rings is 1. The summed E-state index contributed by atoms with van der Waals surface area (Å²) in [5.74, 6) is 0. The van der Waals surface area contributed by atoms with E-state index < -0.39 is 0 Å². The molecule has 2 aliphatic rings. The van der Waals surface area contributed by atoms with Gasteiger partial charge in [-0.15, -0.1) is 0 Å². The number of urea groups is 1. The third kappa shape index (κ3) is 1.75. The van der Waals surface area contributed by atoms with E-state index in [-0.39, 0.29) is 12.1 Å². The average molecular weight is 267 g/mol. The van der Waals surface area contributed by atoms with Crippen molar-refractivity contribution in [3.8, 4) is 0 Å². The summed E-state index contributed by atoms with van der Waals surface area (Å²) in [7, 11) is 0. The number of carbonyl (C=O) groups is 1. The third-order valence-electron chi connectivity index (χ3n) is 3.57. The van der Waals surface area contributed by atoms with E-state index in [2.05, 4.69) is 10.2 Å². The maximum Gasteiger partial charge on any atom is 0.317 e. The normalized spacial score (nSPS) is 22.9. The number of fused-ring (bicyclic) bond motifs is 1. The number of nitrogens with one attached hydrogen (secondary N) is 1. The first-order chi connectivity index (χ1) is 8.66. The van der Waals surface area contributed by atoms with Gasteiger partial charge in [0.1, 0.15) is 0 Å². The van der Waals surface area contributed by atoms with Crippen LogP contribution in [0.2, 0.25) is 5.02 Å². The Morgan fingerprint density at radius 3 is 3.00 bits per heavy atom. The van der Waals surface area contributed by atoms with Gasteiger partial charge in [0.05, 0.1) is 22.4 Å². The zero-order valence-electron chi connectivity index (χ0n) is 9.90. The number of nitrogen functional groups attached to an aromatic ring is 1. The molecule has 6 heteroatoms. The van der Waals surface area contributed by atoms with Crippen LogP contribution in [0.5, 0.6) is 0 Å². The predicted octanol–water partition coefficient (Wildman–Crippen LogP) is 1.14. The second kappa shape index (κ2) is 4.24. The van der Waals surface area contributed by atoms with Crippen LogP contribution < -0.4 is 16.0 Å². The lowest BCUT2D eigenvalue weighted by Crippen LogP contribution is -2.52. The number of para-hydroxylation sites is 1. The third-order valence-corrected chi connectivity index (χ3v) is 3.87. The first-order valence-electron chi connectivity index (χ1n) is 6.00. The predicted molar refractivity (Wildman–Crippen MR) is 72.0 cm³/mol. The first-order valence-corrected chi connectivity index (χ1v) is 6.38. The highest BCUT2D eigenvalue weighted by molar-refractivity contribution is 6.34. The Hall–Kier alpha value is -1.62. The number of hydrogen-bond donors (Lipinski definition) is 2. The van der Waals surface area contributed by atoms with Gasteiger partial charge >= 0.3 is 6.03 Å². The smallest absolute Gasteiger partial charge is 0.317 e. The molecule has 5 nitrogen and oxygen atoms in total. The highest BCUT2D eigenvalue weighted by atomic mass is 35.5. The molecular weight excluding hydrogens is 252 g/mol. The minimum absolute atomic E-state index is 0.0341. The van der Waals surface area contributed by atoms with Crippen LogP contribution in [0.25, 0.3) is 0 Å². The molecule has 0 spiro atoms. The van der Waals surface area contributed by atoms with Gasteiger partial charge < -0.3 is 20.9 Å². The molecule has 3 rings (SSSR count). The molecule has 0 aromatic heterocycles. The van der Waals surface area contributed by atoms with E-state index in [1.165, 1.54) is 0 Å². The second-order valence-electron chi connectivity index (χ2n) is 4.66. The van der Waals surface area contributed by atoms with Gasteiger partial charge in [-0.1, -0.05) is 17.7 Å². The van der Waals surface area contributed by atoms with Crippen LogP contribution in [0.3, 0.4) is 0 Å². The summed E-state index contributed by atoms with van der Waals surface area (Å²) in [6.45, 7) is 2.94. The standard InChI is InChI=1S/C12H15ClN4O/c13-9-2-1-3-10(14)11(9)16-4-5-17-8(7-16)6-15-12(17)18/h1-3,8H,4-7,14H2,(H,15,18). The van der Waals surface area contributed by atoms with Gasteiger partial charge in [-0.2, -0.15) is 0 Å². The molecule has 2 heterocycles. The van der Waals surface area contributed by atoms with Crippen molar-refractivity contribution in [1.82, 2.24) is 10.2 Å². The summed E-state index contributed by atoms with van der Waals surface area (Å²) in [6.07, 6.45) is 0. The Balaban J connectivity index is 1.85. The van der Waals surface area contributed by atoms with Gasteiger partial charge in [0.15, 0.2) is 0 Å². The van der Waals surface area contributed by atoms with Crippen LogP contribution in [-0.4, -0.2) is 43.2 Å². The zero-order valence-corrected chi connectivity index (χ0v) is 10.7. The quantitative estimate of drug-likeness (QED) is 0.750. The highest BCUT2D eigenvalue weighted by Crippen LogP contribution is 2.33. The molecule has 1 unspecified atom stereocenters. The summed E-state index contributed by atoms with van der Waals surface area (Å²) in [4.78, 5) is 15.6. The monoisotopic (exact) mass is 266 g/mol. The molecule has 2 fully saturated rings. The van der Waals surface area contributed by atoms with Crippen molar-refractivity contribution in [3.63, 3.8) is 0 Å². The first kappa shape index (κ1) is 11.5. The molecule has 1 atom stereocenters. The van der Waals surface area contributed by atoms with E-state index in [1.807, 2.05) is 23.1 Å². The minimum Gasteiger partial charge on any atom is -0.397 e. The number of nitrogens with zero attached hydrogens (tertiary/aromatic N) is 2. The molecule has 2 amide bonds. The van der Waals surface area contributed by atoms with Crippen LogP contribution in [0.15, 0.2) is 18.2 Å². The largest absolute Gasteiger partial charge is 0.397 e. The fraction of sp³-hybridized carbons (Fsp3) is 0.417. The number of nitrogens with two attached hydrogens (primary N) is 1. The van der Waals surface area contributed by atoms with E-state index in [0.29, 0.717) is 23.8 Å². The summed E-state index contributed by atoms with van der Waals surface area (Å²) in [5.41, 5.74) is 7.57. The van der Waals surface area contributed by atoms with Crippen LogP contribution in [-0.2, 0) is 0 Å². The molecule has 18 heavy (non-hydrogen) atoms. The fourth-order valence-corrected chi connectivity index (χ4v) is 2.97. The van der Waals surface area contributed by atoms with Gasteiger partial charge in [0.25, 0.3) is 0 Å². The lowest BCUT2D eigenvalue weighted by Gasteiger charge is -2.38. The molecule has 3 N–H and O–H groups in total. The lowest BCUT2D eigenvalue weighted by atomic mass is 10.1. The SMILES string of the molecule is Nc1cccc(Cl)c1N1CCN2C(=O)NCC2C1. The molecule has 1 aromatic carbocycles. The number of carbonyl (C=O) groups excluding carboxylic acids is 1. The van der Waals surface area contributed by atoms with Gasteiger partial charge in [-0.3, -0.25) is 0 Å². The van der Waals surface area contributed by atoms with E-state index in [4.69, 9.17) is 17.3 Å². The van der Waals surface area contributed by atoms with Crippen molar-refractivity contribution in [1.29, 1.82) is 0 Å². The molecule has 1 aromatic rings. The molecule has 0 saturated carbocycles. The molecule has 96 valence electrons. The number of piperazine rings is 1. The summed E-state index contributed by atoms with van der Waals surface area (Å²) >= 11 is 6.22. The fourth-order valence-electron chi connectivity index (χ4n) is 2.67. The van der Waals surface area contributed by atoms with Gasteiger partial charge in [-0.25, -0.2) is 4.79 Å². The maximum atomic E-state index is 11.5. The number of rotatable bonds is 1. The topological polar surface area (TPSA) is 61.6 Å². The molecular formula is C12H15ClN4O. The summed E-state index contributed by atoms with van der Waals surface area (Å²) < 4.78 is 0. The summed E-state index contributed by atoms with van der Waals surface area (Å²) in [5, 5.41) is 3.53. The van der Waals surface area contributed by atoms with Crippen molar-refractivity contribution in [2.24, 2.45) is 0 Å². The van der Waals surface area contributed by atoms with Gasteiger partial charge in [0.2, 0.25) is 0 Å². The van der Waals surface area contributed by atoms with Crippen LogP contribution in [0.4, 0.5) is 16.2 Å². The summed E-state index contributed by atoms with van der Waals surface area (Å²) in [6, 6.07) is 5.79. The van der Waals surface area contributed by atoms with Crippen LogP contribution in [0, 0.1) is 0 Å². The van der Waals surface area contributed by atoms with Gasteiger partial charge in [-0.05, 0) is 12.1 Å². The lowest BCUT2D eigenvalue weighted by molar-refractivity contribution is 0.198. The van der Waals surface area contributed by atoms with Crippen molar-refractivity contribution in [3.05, 3.63) is 23.2 Å². The molecule has 0 bridgehead atoms. The number of hydrogen-bond acceptors (Lipinski definition) is 3. The Morgan fingerprint density at radius 1 is 1.39 bits per heavy atom. The Labute approximate surface area is 110 Å². The number of halogens is 1. The van der Waals surface area contributed by atoms with E-state index >= 15 is 0 Å². The Morgan fingerprint density at radius 2 is 2.22 bits per heavy atom. The molecule has 0 aliphatic carbocycles. The van der Waals surface area contributed by atoms with E-state index in [0.717, 1.165) is 18.8 Å². The van der Waals surface area contributed by atoms with Crippen molar-refractivity contribution < 1.29 is 4.79 Å². The van der Waals surface area contributed by atoms with E-state index in [1.54, 1.807) is 0 Å². The second-order valence-corrected chi connectivity index (χ2v) is 5.06. The minimum atomic E-state index is 0.0341. The van der Waals surface area contributed by atoms with Crippen LogP contribution >= 0.6 is 11.6 Å². The molecule has 2 aliphatic heterocycles. The Kier molecular flexibility index (Phi) is 2.70.